The Morgan fingerprint density at radius 2 is 1.46 bits per heavy atom. The van der Waals surface area contributed by atoms with Crippen LogP contribution in [-0.2, 0) is 6.54 Å². The summed E-state index contributed by atoms with van der Waals surface area (Å²) < 4.78 is 22.2. The summed E-state index contributed by atoms with van der Waals surface area (Å²) in [6, 6.07) is 9.36. The fraction of sp³-hybridized carbons (Fsp3) is 0.316. The van der Waals surface area contributed by atoms with Gasteiger partial charge in [-0.25, -0.2) is 0 Å². The molecular formula is C19H25BrIN3O4. The summed E-state index contributed by atoms with van der Waals surface area (Å²) in [4.78, 5) is 4.25. The molecule has 28 heavy (non-hydrogen) atoms. The van der Waals surface area contributed by atoms with Crippen molar-refractivity contribution < 1.29 is 18.9 Å². The fourth-order valence-corrected chi connectivity index (χ4v) is 2.90. The van der Waals surface area contributed by atoms with Crippen molar-refractivity contribution in [2.75, 3.05) is 40.8 Å². The Morgan fingerprint density at radius 1 is 0.893 bits per heavy atom. The first-order valence-corrected chi connectivity index (χ1v) is 8.95. The second-order valence-electron chi connectivity index (χ2n) is 5.42. The zero-order valence-electron chi connectivity index (χ0n) is 16.5. The van der Waals surface area contributed by atoms with Crippen LogP contribution >= 0.6 is 39.9 Å². The number of hydrogen-bond acceptors (Lipinski definition) is 5. The number of aliphatic imine (C=N–C) groups is 1. The third-order valence-electron chi connectivity index (χ3n) is 3.87. The van der Waals surface area contributed by atoms with Crippen LogP contribution in [0, 0.1) is 0 Å². The van der Waals surface area contributed by atoms with Crippen molar-refractivity contribution in [3.63, 3.8) is 0 Å². The quantitative estimate of drug-likeness (QED) is 0.296. The predicted octanol–water partition coefficient (Wildman–Crippen LogP) is 4.29. The van der Waals surface area contributed by atoms with Crippen molar-refractivity contribution in [2.24, 2.45) is 4.99 Å². The Labute approximate surface area is 191 Å². The van der Waals surface area contributed by atoms with Crippen LogP contribution in [0.4, 0.5) is 5.69 Å². The maximum atomic E-state index is 5.36. The van der Waals surface area contributed by atoms with E-state index in [0.717, 1.165) is 15.7 Å². The summed E-state index contributed by atoms with van der Waals surface area (Å²) >= 11 is 3.56. The highest BCUT2D eigenvalue weighted by Crippen LogP contribution is 2.33. The van der Waals surface area contributed by atoms with Gasteiger partial charge in [0.05, 0.1) is 28.4 Å². The second kappa shape index (κ2) is 11.8. The van der Waals surface area contributed by atoms with E-state index in [-0.39, 0.29) is 24.0 Å². The standard InChI is InChI=1S/C19H24BrN3O4.HI/c1-21-19(23-13-6-7-15(24-2)17(9-13)26-4)22-11-12-8-16(25-3)18(27-5)10-14(12)20;/h6-10H,11H2,1-5H3,(H2,21,22,23);1H. The van der Waals surface area contributed by atoms with Gasteiger partial charge in [0, 0.05) is 29.8 Å². The maximum absolute atomic E-state index is 5.36. The van der Waals surface area contributed by atoms with Crippen LogP contribution in [0.25, 0.3) is 0 Å². The van der Waals surface area contributed by atoms with Gasteiger partial charge in [-0.2, -0.15) is 0 Å². The summed E-state index contributed by atoms with van der Waals surface area (Å²) in [5, 5.41) is 6.50. The molecule has 0 fully saturated rings. The lowest BCUT2D eigenvalue weighted by Gasteiger charge is -2.16. The number of anilines is 1. The van der Waals surface area contributed by atoms with E-state index in [2.05, 4.69) is 31.6 Å². The van der Waals surface area contributed by atoms with E-state index in [4.69, 9.17) is 18.9 Å². The molecule has 0 amide bonds. The van der Waals surface area contributed by atoms with Crippen LogP contribution in [-0.4, -0.2) is 41.4 Å². The SMILES string of the molecule is CN=C(NCc1cc(OC)c(OC)cc1Br)Nc1ccc(OC)c(OC)c1.I. The number of methoxy groups -OCH3 is 4. The molecule has 0 atom stereocenters. The average Bonchev–Trinajstić information content (AvgIpc) is 2.71. The van der Waals surface area contributed by atoms with Gasteiger partial charge in [0.2, 0.25) is 0 Å². The molecule has 0 bridgehead atoms. The number of ether oxygens (including phenoxy) is 4. The zero-order chi connectivity index (χ0) is 19.8. The highest BCUT2D eigenvalue weighted by atomic mass is 127. The number of guanidine groups is 1. The number of nitrogens with zero attached hydrogens (tertiary/aromatic N) is 1. The summed E-state index contributed by atoms with van der Waals surface area (Å²) in [5.74, 6) is 3.26. The third kappa shape index (κ3) is 6.06. The number of rotatable bonds is 7. The first-order valence-electron chi connectivity index (χ1n) is 8.16. The van der Waals surface area contributed by atoms with E-state index >= 15 is 0 Å². The topological polar surface area (TPSA) is 73.3 Å². The molecule has 0 radical (unpaired) electrons. The van der Waals surface area contributed by atoms with E-state index in [9.17, 15) is 0 Å². The van der Waals surface area contributed by atoms with Crippen molar-refractivity contribution in [3.8, 4) is 23.0 Å². The zero-order valence-corrected chi connectivity index (χ0v) is 20.4. The van der Waals surface area contributed by atoms with Crippen LogP contribution < -0.4 is 29.6 Å². The molecule has 0 spiro atoms. The summed E-state index contributed by atoms with van der Waals surface area (Å²) in [5.41, 5.74) is 1.83. The molecule has 0 saturated heterocycles. The first-order chi connectivity index (χ1) is 13.1. The summed E-state index contributed by atoms with van der Waals surface area (Å²) in [6.45, 7) is 0.536. The van der Waals surface area contributed by atoms with Gasteiger partial charge in [-0.1, -0.05) is 15.9 Å². The minimum absolute atomic E-state index is 0. The molecule has 0 heterocycles. The van der Waals surface area contributed by atoms with Gasteiger partial charge in [-0.05, 0) is 29.8 Å². The molecule has 2 aromatic rings. The van der Waals surface area contributed by atoms with Crippen molar-refractivity contribution >= 4 is 51.6 Å². The average molecular weight is 566 g/mol. The smallest absolute Gasteiger partial charge is 0.195 e. The normalized spacial score (nSPS) is 10.6. The third-order valence-corrected chi connectivity index (χ3v) is 4.61. The van der Waals surface area contributed by atoms with E-state index in [0.29, 0.717) is 35.5 Å². The summed E-state index contributed by atoms with van der Waals surface area (Å²) in [7, 11) is 8.13. The van der Waals surface area contributed by atoms with Crippen LogP contribution in [0.2, 0.25) is 0 Å². The molecule has 0 saturated carbocycles. The Bertz CT molecular complexity index is 818. The van der Waals surface area contributed by atoms with Crippen molar-refractivity contribution in [1.82, 2.24) is 5.32 Å². The van der Waals surface area contributed by atoms with Crippen LogP contribution in [0.15, 0.2) is 39.8 Å². The largest absolute Gasteiger partial charge is 0.493 e. The molecule has 2 aromatic carbocycles. The molecule has 0 aliphatic carbocycles. The lowest BCUT2D eigenvalue weighted by atomic mass is 10.2. The number of benzene rings is 2. The molecule has 2 N–H and O–H groups in total. The molecule has 7 nitrogen and oxygen atoms in total. The molecule has 0 aliphatic heterocycles. The van der Waals surface area contributed by atoms with E-state index in [1.54, 1.807) is 35.5 Å². The van der Waals surface area contributed by atoms with Gasteiger partial charge in [0.25, 0.3) is 0 Å². The van der Waals surface area contributed by atoms with Gasteiger partial charge < -0.3 is 29.6 Å². The van der Waals surface area contributed by atoms with Gasteiger partial charge in [0.1, 0.15) is 0 Å². The van der Waals surface area contributed by atoms with Crippen LogP contribution in [0.3, 0.4) is 0 Å². The summed E-state index contributed by atoms with van der Waals surface area (Å²) in [6.07, 6.45) is 0. The molecule has 154 valence electrons. The van der Waals surface area contributed by atoms with Gasteiger partial charge in [0.15, 0.2) is 29.0 Å². The minimum Gasteiger partial charge on any atom is -0.493 e. The van der Waals surface area contributed by atoms with Crippen LogP contribution in [0.1, 0.15) is 5.56 Å². The Morgan fingerprint density at radius 3 is 2.04 bits per heavy atom. The highest BCUT2D eigenvalue weighted by molar-refractivity contribution is 14.0. The number of hydrogen-bond donors (Lipinski definition) is 2. The monoisotopic (exact) mass is 565 g/mol. The molecule has 0 aromatic heterocycles. The predicted molar refractivity (Wildman–Crippen MR) is 126 cm³/mol. The lowest BCUT2D eigenvalue weighted by molar-refractivity contribution is 0.354. The van der Waals surface area contributed by atoms with Gasteiger partial charge >= 0.3 is 0 Å². The molecule has 0 unspecified atom stereocenters. The first kappa shape index (κ1) is 24.2. The van der Waals surface area contributed by atoms with Gasteiger partial charge in [-0.15, -0.1) is 24.0 Å². The number of nitrogens with one attached hydrogen (secondary N) is 2. The van der Waals surface area contributed by atoms with Crippen molar-refractivity contribution in [1.29, 1.82) is 0 Å². The Kier molecular flexibility index (Phi) is 10.2. The van der Waals surface area contributed by atoms with Crippen molar-refractivity contribution in [2.45, 2.75) is 6.54 Å². The minimum atomic E-state index is 0. The molecule has 9 heteroatoms. The molecular weight excluding hydrogens is 541 g/mol. The molecule has 2 rings (SSSR count). The van der Waals surface area contributed by atoms with E-state index in [1.807, 2.05) is 30.3 Å². The van der Waals surface area contributed by atoms with Crippen molar-refractivity contribution in [3.05, 3.63) is 40.4 Å². The highest BCUT2D eigenvalue weighted by Gasteiger charge is 2.11. The Hall–Kier alpha value is -1.88. The van der Waals surface area contributed by atoms with Crippen LogP contribution in [0.5, 0.6) is 23.0 Å². The second-order valence-corrected chi connectivity index (χ2v) is 6.27. The molecule has 0 aliphatic rings. The number of halogens is 2. The van der Waals surface area contributed by atoms with E-state index < -0.39 is 0 Å². The Balaban J connectivity index is 0.00000392. The van der Waals surface area contributed by atoms with Gasteiger partial charge in [-0.3, -0.25) is 4.99 Å². The van der Waals surface area contributed by atoms with E-state index in [1.165, 1.54) is 0 Å². The maximum Gasteiger partial charge on any atom is 0.195 e. The lowest BCUT2D eigenvalue weighted by Crippen LogP contribution is -2.30. The fourth-order valence-electron chi connectivity index (χ4n) is 2.44.